The Hall–Kier alpha value is -2.55. The van der Waals surface area contributed by atoms with Crippen LogP contribution in [0.4, 0.5) is 23.7 Å². The number of phenols is 2. The van der Waals surface area contributed by atoms with Crippen LogP contribution in [-0.4, -0.2) is 16.2 Å². The molecular formula is C15H13F3N2O3S. The van der Waals surface area contributed by atoms with Crippen LogP contribution in [0.5, 0.6) is 11.5 Å². The number of aromatic hydroxyl groups is 2. The first-order chi connectivity index (χ1) is 11.2. The number of amides is 2. The fourth-order valence-corrected chi connectivity index (χ4v) is 2.10. The highest BCUT2D eigenvalue weighted by Crippen LogP contribution is 2.32. The highest BCUT2D eigenvalue weighted by atomic mass is 32.1. The molecule has 3 N–H and O–H groups in total. The SMILES string of the molecule is O=C(NCc1ccc(C(F)(F)F)cc1)N(S)c1ccc(O)cc1O. The summed E-state index contributed by atoms with van der Waals surface area (Å²) in [5.41, 5.74) is -0.267. The van der Waals surface area contributed by atoms with E-state index in [0.29, 0.717) is 5.56 Å². The lowest BCUT2D eigenvalue weighted by Gasteiger charge is -2.18. The average Bonchev–Trinajstić information content (AvgIpc) is 2.51. The number of rotatable bonds is 3. The average molecular weight is 358 g/mol. The van der Waals surface area contributed by atoms with E-state index in [4.69, 9.17) is 0 Å². The summed E-state index contributed by atoms with van der Waals surface area (Å²) in [6.07, 6.45) is -4.42. The maximum Gasteiger partial charge on any atom is 0.416 e. The Morgan fingerprint density at radius 3 is 2.29 bits per heavy atom. The molecule has 24 heavy (non-hydrogen) atoms. The first-order valence-electron chi connectivity index (χ1n) is 6.63. The number of halogens is 3. The van der Waals surface area contributed by atoms with Gasteiger partial charge in [-0.2, -0.15) is 13.2 Å². The van der Waals surface area contributed by atoms with Gasteiger partial charge in [-0.3, -0.25) is 0 Å². The predicted octanol–water partition coefficient (Wildman–Crippen LogP) is 3.68. The number of nitrogens with zero attached hydrogens (tertiary/aromatic N) is 1. The Morgan fingerprint density at radius 1 is 1.12 bits per heavy atom. The van der Waals surface area contributed by atoms with E-state index in [1.807, 2.05) is 0 Å². The molecule has 128 valence electrons. The number of nitrogens with one attached hydrogen (secondary N) is 1. The number of carbonyl (C=O) groups is 1. The van der Waals surface area contributed by atoms with Gasteiger partial charge in [0.25, 0.3) is 0 Å². The van der Waals surface area contributed by atoms with Crippen LogP contribution in [0.3, 0.4) is 0 Å². The second-order valence-electron chi connectivity index (χ2n) is 4.84. The fraction of sp³-hybridized carbons (Fsp3) is 0.133. The molecule has 0 unspecified atom stereocenters. The van der Waals surface area contributed by atoms with Crippen LogP contribution in [0.15, 0.2) is 42.5 Å². The molecule has 5 nitrogen and oxygen atoms in total. The van der Waals surface area contributed by atoms with Crippen molar-refractivity contribution in [1.29, 1.82) is 0 Å². The molecule has 0 spiro atoms. The molecular weight excluding hydrogens is 345 g/mol. The van der Waals surface area contributed by atoms with Gasteiger partial charge in [-0.05, 0) is 29.8 Å². The summed E-state index contributed by atoms with van der Waals surface area (Å²) in [5.74, 6) is -0.530. The van der Waals surface area contributed by atoms with Gasteiger partial charge in [0.15, 0.2) is 0 Å². The third-order valence-corrected chi connectivity index (χ3v) is 3.50. The summed E-state index contributed by atoms with van der Waals surface area (Å²) in [5, 5.41) is 21.3. The van der Waals surface area contributed by atoms with E-state index < -0.39 is 17.8 Å². The maximum atomic E-state index is 12.5. The third-order valence-electron chi connectivity index (χ3n) is 3.10. The van der Waals surface area contributed by atoms with E-state index in [1.165, 1.54) is 24.3 Å². The van der Waals surface area contributed by atoms with Crippen LogP contribution >= 0.6 is 12.8 Å². The zero-order valence-corrected chi connectivity index (χ0v) is 13.0. The Balaban J connectivity index is 1.99. The molecule has 2 aromatic rings. The van der Waals surface area contributed by atoms with Gasteiger partial charge >= 0.3 is 12.2 Å². The predicted molar refractivity (Wildman–Crippen MR) is 84.9 cm³/mol. The Kier molecular flexibility index (Phi) is 5.13. The van der Waals surface area contributed by atoms with Crippen LogP contribution in [0.2, 0.25) is 0 Å². The number of urea groups is 1. The van der Waals surface area contributed by atoms with Crippen LogP contribution < -0.4 is 9.62 Å². The largest absolute Gasteiger partial charge is 0.508 e. The number of hydrogen-bond acceptors (Lipinski definition) is 4. The van der Waals surface area contributed by atoms with Crippen molar-refractivity contribution in [3.63, 3.8) is 0 Å². The highest BCUT2D eigenvalue weighted by molar-refractivity contribution is 7.82. The summed E-state index contributed by atoms with van der Waals surface area (Å²) in [7, 11) is 0. The normalized spacial score (nSPS) is 11.2. The van der Waals surface area contributed by atoms with Crippen molar-refractivity contribution in [3.8, 4) is 11.5 Å². The molecule has 0 aliphatic rings. The summed E-state index contributed by atoms with van der Waals surface area (Å²) < 4.78 is 38.2. The minimum atomic E-state index is -4.42. The molecule has 2 aromatic carbocycles. The van der Waals surface area contributed by atoms with E-state index in [0.717, 1.165) is 22.5 Å². The smallest absolute Gasteiger partial charge is 0.416 e. The summed E-state index contributed by atoms with van der Waals surface area (Å²) in [4.78, 5) is 12.0. The molecule has 2 rings (SSSR count). The van der Waals surface area contributed by atoms with Crippen molar-refractivity contribution in [2.75, 3.05) is 4.31 Å². The number of carbonyl (C=O) groups excluding carboxylic acids is 1. The van der Waals surface area contributed by atoms with Crippen molar-refractivity contribution in [3.05, 3.63) is 53.6 Å². The lowest BCUT2D eigenvalue weighted by Crippen LogP contribution is -2.33. The van der Waals surface area contributed by atoms with Gasteiger partial charge in [0, 0.05) is 12.6 Å². The monoisotopic (exact) mass is 358 g/mol. The number of benzene rings is 2. The maximum absolute atomic E-state index is 12.5. The molecule has 0 saturated heterocycles. The van der Waals surface area contributed by atoms with E-state index in [9.17, 15) is 28.2 Å². The molecule has 0 aliphatic carbocycles. The van der Waals surface area contributed by atoms with Crippen molar-refractivity contribution in [2.24, 2.45) is 0 Å². The van der Waals surface area contributed by atoms with Crippen LogP contribution in [0.25, 0.3) is 0 Å². The molecule has 0 saturated carbocycles. The molecule has 0 bridgehead atoms. The summed E-state index contributed by atoms with van der Waals surface area (Å²) in [6.45, 7) is -0.0210. The van der Waals surface area contributed by atoms with Gasteiger partial charge in [0.1, 0.15) is 11.5 Å². The van der Waals surface area contributed by atoms with E-state index in [1.54, 1.807) is 0 Å². The van der Waals surface area contributed by atoms with Crippen molar-refractivity contribution in [1.82, 2.24) is 5.32 Å². The van der Waals surface area contributed by atoms with Gasteiger partial charge in [-0.1, -0.05) is 24.9 Å². The molecule has 2 amide bonds. The lowest BCUT2D eigenvalue weighted by molar-refractivity contribution is -0.137. The Bertz CT molecular complexity index is 736. The number of phenolic OH excluding ortho intramolecular Hbond substituents is 2. The first-order valence-corrected chi connectivity index (χ1v) is 7.03. The molecule has 0 aromatic heterocycles. The molecule has 9 heteroatoms. The second-order valence-corrected chi connectivity index (χ2v) is 5.24. The first kappa shape index (κ1) is 17.8. The van der Waals surface area contributed by atoms with Crippen molar-refractivity contribution >= 4 is 24.5 Å². The highest BCUT2D eigenvalue weighted by Gasteiger charge is 2.29. The number of anilines is 1. The molecule has 0 heterocycles. The van der Waals surface area contributed by atoms with Gasteiger partial charge in [0.2, 0.25) is 0 Å². The summed E-state index contributed by atoms with van der Waals surface area (Å²) >= 11 is 3.95. The lowest BCUT2D eigenvalue weighted by atomic mass is 10.1. The van der Waals surface area contributed by atoms with Gasteiger partial charge in [-0.15, -0.1) is 0 Å². The third kappa shape index (κ3) is 4.25. The zero-order valence-electron chi connectivity index (χ0n) is 12.1. The topological polar surface area (TPSA) is 72.8 Å². The fourth-order valence-electron chi connectivity index (χ4n) is 1.86. The van der Waals surface area contributed by atoms with Crippen molar-refractivity contribution in [2.45, 2.75) is 12.7 Å². The quantitative estimate of drug-likeness (QED) is 0.633. The van der Waals surface area contributed by atoms with Gasteiger partial charge < -0.3 is 15.5 Å². The molecule has 0 atom stereocenters. The standard InChI is InChI=1S/C15H13F3N2O3S/c16-15(17,18)10-3-1-9(2-4-10)8-19-14(23)20(24)12-6-5-11(21)7-13(12)22/h1-7,21-22,24H,8H2,(H,19,23). The molecule has 0 fully saturated rings. The van der Waals surface area contributed by atoms with Crippen molar-refractivity contribution < 1.29 is 28.2 Å². The zero-order chi connectivity index (χ0) is 17.9. The van der Waals surface area contributed by atoms with Gasteiger partial charge in [-0.25, -0.2) is 9.10 Å². The van der Waals surface area contributed by atoms with Crippen LogP contribution in [0.1, 0.15) is 11.1 Å². The van der Waals surface area contributed by atoms with Gasteiger partial charge in [0.05, 0.1) is 11.3 Å². The number of hydrogen-bond donors (Lipinski definition) is 4. The number of alkyl halides is 3. The van der Waals surface area contributed by atoms with E-state index in [2.05, 4.69) is 18.1 Å². The minimum Gasteiger partial charge on any atom is -0.508 e. The summed E-state index contributed by atoms with van der Waals surface area (Å²) in [6, 6.07) is 7.25. The van der Waals surface area contributed by atoms with Crippen LogP contribution in [-0.2, 0) is 12.7 Å². The second kappa shape index (κ2) is 6.91. The molecule has 0 aliphatic heterocycles. The van der Waals surface area contributed by atoms with E-state index >= 15 is 0 Å². The molecule has 0 radical (unpaired) electrons. The van der Waals surface area contributed by atoms with Crippen LogP contribution in [0, 0.1) is 0 Å². The number of thiol groups is 1. The Labute approximate surface area is 140 Å². The Morgan fingerprint density at radius 2 is 1.75 bits per heavy atom. The van der Waals surface area contributed by atoms with E-state index in [-0.39, 0.29) is 23.7 Å². The minimum absolute atomic E-state index is 0.0210.